The van der Waals surface area contributed by atoms with Crippen molar-refractivity contribution < 1.29 is 14.6 Å². The van der Waals surface area contributed by atoms with E-state index in [1.54, 1.807) is 13.0 Å². The Morgan fingerprint density at radius 2 is 1.76 bits per heavy atom. The maximum Gasteiger partial charge on any atom is 0.308 e. The number of para-hydroxylation sites is 1. The van der Waals surface area contributed by atoms with Gasteiger partial charge in [0.25, 0.3) is 0 Å². The Labute approximate surface area is 129 Å². The Hall–Kier alpha value is -2.00. The second-order valence-electron chi connectivity index (χ2n) is 4.84. The van der Waals surface area contributed by atoms with Crippen molar-refractivity contribution >= 4 is 17.6 Å². The van der Waals surface area contributed by atoms with Crippen molar-refractivity contribution in [2.45, 2.75) is 18.9 Å². The zero-order chi connectivity index (χ0) is 15.2. The van der Waals surface area contributed by atoms with Gasteiger partial charge in [0.1, 0.15) is 12.4 Å². The first-order chi connectivity index (χ1) is 10.1. The lowest BCUT2D eigenvalue weighted by molar-refractivity contribution is -0.141. The van der Waals surface area contributed by atoms with Gasteiger partial charge >= 0.3 is 5.97 Å². The Kier molecular flexibility index (Phi) is 5.23. The summed E-state index contributed by atoms with van der Waals surface area (Å²) in [4.78, 5) is 11.1. The predicted molar refractivity (Wildman–Crippen MR) is 82.6 cm³/mol. The number of halogens is 1. The Bertz CT molecular complexity index is 598. The van der Waals surface area contributed by atoms with Gasteiger partial charge in [0, 0.05) is 5.56 Å². The highest BCUT2D eigenvalue weighted by atomic mass is 35.5. The van der Waals surface area contributed by atoms with Crippen molar-refractivity contribution in [3.05, 3.63) is 65.7 Å². The molecule has 0 radical (unpaired) electrons. The van der Waals surface area contributed by atoms with Crippen LogP contribution in [0.4, 0.5) is 0 Å². The summed E-state index contributed by atoms with van der Waals surface area (Å²) in [6.45, 7) is 2.01. The first kappa shape index (κ1) is 15.4. The van der Waals surface area contributed by atoms with Gasteiger partial charge in [-0.3, -0.25) is 4.79 Å². The van der Waals surface area contributed by atoms with E-state index in [0.717, 1.165) is 5.56 Å². The van der Waals surface area contributed by atoms with Crippen LogP contribution in [0.5, 0.6) is 5.75 Å². The minimum Gasteiger partial charge on any atom is -0.489 e. The number of carbonyl (C=O) groups is 1. The monoisotopic (exact) mass is 304 g/mol. The lowest BCUT2D eigenvalue weighted by atomic mass is 10.00. The van der Waals surface area contributed by atoms with Gasteiger partial charge in [0.05, 0.1) is 11.3 Å². The Balaban J connectivity index is 2.15. The summed E-state index contributed by atoms with van der Waals surface area (Å²) in [5.74, 6) is -0.990. The van der Waals surface area contributed by atoms with Crippen LogP contribution in [0.15, 0.2) is 54.6 Å². The number of carboxylic acid groups (broad SMARTS) is 1. The number of rotatable bonds is 6. The summed E-state index contributed by atoms with van der Waals surface area (Å²) >= 11 is 6.28. The molecule has 0 saturated heterocycles. The molecule has 21 heavy (non-hydrogen) atoms. The molecule has 0 saturated carbocycles. The molecule has 0 spiro atoms. The molecule has 2 rings (SSSR count). The maximum absolute atomic E-state index is 11.1. The highest BCUT2D eigenvalue weighted by molar-refractivity contribution is 6.22. The summed E-state index contributed by atoms with van der Waals surface area (Å²) in [7, 11) is 0. The van der Waals surface area contributed by atoms with Crippen LogP contribution in [0, 0.1) is 5.92 Å². The highest BCUT2D eigenvalue weighted by Gasteiger charge is 2.25. The van der Waals surface area contributed by atoms with E-state index in [9.17, 15) is 4.79 Å². The third-order valence-electron chi connectivity index (χ3n) is 3.28. The molecule has 0 aliphatic carbocycles. The predicted octanol–water partition coefficient (Wildman–Crippen LogP) is 4.27. The first-order valence-corrected chi connectivity index (χ1v) is 7.15. The molecule has 1 N–H and O–H groups in total. The number of ether oxygens (including phenoxy) is 1. The zero-order valence-corrected chi connectivity index (χ0v) is 12.5. The van der Waals surface area contributed by atoms with Gasteiger partial charge in [0.15, 0.2) is 0 Å². The quantitative estimate of drug-likeness (QED) is 0.811. The topological polar surface area (TPSA) is 46.5 Å². The molecule has 0 amide bonds. The molecule has 0 fully saturated rings. The van der Waals surface area contributed by atoms with E-state index in [4.69, 9.17) is 21.4 Å². The Morgan fingerprint density at radius 3 is 2.43 bits per heavy atom. The number of alkyl halides is 1. The minimum absolute atomic E-state index is 0.420. The van der Waals surface area contributed by atoms with Gasteiger partial charge in [-0.05, 0) is 11.6 Å². The summed E-state index contributed by atoms with van der Waals surface area (Å²) in [5, 5.41) is 8.46. The van der Waals surface area contributed by atoms with Crippen LogP contribution in [0.2, 0.25) is 0 Å². The molecular weight excluding hydrogens is 288 g/mol. The van der Waals surface area contributed by atoms with E-state index in [1.165, 1.54) is 0 Å². The van der Waals surface area contributed by atoms with Crippen LogP contribution < -0.4 is 4.74 Å². The second kappa shape index (κ2) is 7.14. The van der Waals surface area contributed by atoms with Crippen molar-refractivity contribution in [1.82, 2.24) is 0 Å². The van der Waals surface area contributed by atoms with Crippen molar-refractivity contribution in [3.8, 4) is 5.75 Å². The lowest BCUT2D eigenvalue weighted by Gasteiger charge is -2.18. The van der Waals surface area contributed by atoms with Crippen LogP contribution >= 0.6 is 11.6 Å². The number of hydrogen-bond acceptors (Lipinski definition) is 2. The van der Waals surface area contributed by atoms with Crippen LogP contribution in [-0.2, 0) is 11.4 Å². The standard InChI is InChI=1S/C17H17ClO3/c1-12(17(19)20)16(18)14-9-5-6-10-15(14)21-11-13-7-3-2-4-8-13/h2-10,12,16H,11H2,1H3,(H,19,20). The fraction of sp³-hybridized carbons (Fsp3) is 0.235. The number of hydrogen-bond donors (Lipinski definition) is 1. The van der Waals surface area contributed by atoms with E-state index >= 15 is 0 Å². The molecule has 2 unspecified atom stereocenters. The van der Waals surface area contributed by atoms with Gasteiger partial charge in [-0.1, -0.05) is 55.5 Å². The smallest absolute Gasteiger partial charge is 0.308 e. The normalized spacial score (nSPS) is 13.4. The van der Waals surface area contributed by atoms with E-state index in [-0.39, 0.29) is 0 Å². The third kappa shape index (κ3) is 3.99. The first-order valence-electron chi connectivity index (χ1n) is 6.72. The molecule has 0 aliphatic rings. The molecular formula is C17H17ClO3. The fourth-order valence-electron chi connectivity index (χ4n) is 1.97. The largest absolute Gasteiger partial charge is 0.489 e. The summed E-state index contributed by atoms with van der Waals surface area (Å²) in [5.41, 5.74) is 1.75. The number of benzene rings is 2. The minimum atomic E-state index is -0.923. The summed E-state index contributed by atoms with van der Waals surface area (Å²) in [6, 6.07) is 17.1. The summed E-state index contributed by atoms with van der Waals surface area (Å²) in [6.07, 6.45) is 0. The highest BCUT2D eigenvalue weighted by Crippen LogP contribution is 2.35. The molecule has 2 aromatic rings. The van der Waals surface area contributed by atoms with Crippen molar-refractivity contribution in [3.63, 3.8) is 0 Å². The average molecular weight is 305 g/mol. The van der Waals surface area contributed by atoms with Crippen LogP contribution in [0.3, 0.4) is 0 Å². The molecule has 0 heterocycles. The SMILES string of the molecule is CC(C(=O)O)C(Cl)c1ccccc1OCc1ccccc1. The van der Waals surface area contributed by atoms with Gasteiger partial charge in [-0.15, -0.1) is 11.6 Å². The second-order valence-corrected chi connectivity index (χ2v) is 5.31. The van der Waals surface area contributed by atoms with Crippen LogP contribution in [-0.4, -0.2) is 11.1 Å². The zero-order valence-electron chi connectivity index (χ0n) is 11.7. The molecule has 3 nitrogen and oxygen atoms in total. The molecule has 2 aromatic carbocycles. The third-order valence-corrected chi connectivity index (χ3v) is 3.89. The van der Waals surface area contributed by atoms with Crippen molar-refractivity contribution in [2.75, 3.05) is 0 Å². The fourth-order valence-corrected chi connectivity index (χ4v) is 2.26. The lowest BCUT2D eigenvalue weighted by Crippen LogP contribution is -2.15. The van der Waals surface area contributed by atoms with Crippen LogP contribution in [0.1, 0.15) is 23.4 Å². The Morgan fingerprint density at radius 1 is 1.14 bits per heavy atom. The van der Waals surface area contributed by atoms with Gasteiger partial charge in [-0.2, -0.15) is 0 Å². The van der Waals surface area contributed by atoms with E-state index in [0.29, 0.717) is 17.9 Å². The average Bonchev–Trinajstić information content (AvgIpc) is 2.52. The molecule has 4 heteroatoms. The summed E-state index contributed by atoms with van der Waals surface area (Å²) < 4.78 is 5.80. The number of carboxylic acids is 1. The van der Waals surface area contributed by atoms with E-state index in [2.05, 4.69) is 0 Å². The molecule has 0 bridgehead atoms. The van der Waals surface area contributed by atoms with Crippen molar-refractivity contribution in [1.29, 1.82) is 0 Å². The van der Waals surface area contributed by atoms with Crippen LogP contribution in [0.25, 0.3) is 0 Å². The molecule has 0 aromatic heterocycles. The molecule has 0 aliphatic heterocycles. The molecule has 2 atom stereocenters. The number of aliphatic carboxylic acids is 1. The van der Waals surface area contributed by atoms with E-state index in [1.807, 2.05) is 48.5 Å². The van der Waals surface area contributed by atoms with E-state index < -0.39 is 17.3 Å². The van der Waals surface area contributed by atoms with Gasteiger partial charge in [-0.25, -0.2) is 0 Å². The molecule has 110 valence electrons. The van der Waals surface area contributed by atoms with Gasteiger partial charge < -0.3 is 9.84 Å². The maximum atomic E-state index is 11.1. The van der Waals surface area contributed by atoms with Gasteiger partial charge in [0.2, 0.25) is 0 Å². The van der Waals surface area contributed by atoms with Crippen molar-refractivity contribution in [2.24, 2.45) is 5.92 Å².